The molecule has 2 aromatic carbocycles. The van der Waals surface area contributed by atoms with Crippen molar-refractivity contribution >= 4 is 17.7 Å². The van der Waals surface area contributed by atoms with Crippen LogP contribution in [-0.4, -0.2) is 33.0 Å². The molecule has 1 amide bonds. The fourth-order valence-corrected chi connectivity index (χ4v) is 3.47. The van der Waals surface area contributed by atoms with E-state index in [4.69, 9.17) is 0 Å². The average Bonchev–Trinajstić information content (AvgIpc) is 3.02. The van der Waals surface area contributed by atoms with Crippen molar-refractivity contribution in [1.29, 1.82) is 0 Å². The zero-order valence-electron chi connectivity index (χ0n) is 15.3. The smallest absolute Gasteiger partial charge is 0.230 e. The van der Waals surface area contributed by atoms with Crippen LogP contribution < -0.4 is 5.32 Å². The lowest BCUT2D eigenvalue weighted by atomic mass is 10.1. The lowest BCUT2D eigenvalue weighted by Gasteiger charge is -2.07. The summed E-state index contributed by atoms with van der Waals surface area (Å²) in [7, 11) is 1.76. The summed E-state index contributed by atoms with van der Waals surface area (Å²) < 4.78 is 15.6. The van der Waals surface area contributed by atoms with Gasteiger partial charge in [-0.3, -0.25) is 4.79 Å². The molecule has 0 atom stereocenters. The number of halogens is 1. The number of hydrogen-bond donors (Lipinski definition) is 1. The zero-order chi connectivity index (χ0) is 19.2. The van der Waals surface area contributed by atoms with Gasteiger partial charge in [0, 0.05) is 13.6 Å². The highest BCUT2D eigenvalue weighted by molar-refractivity contribution is 7.99. The van der Waals surface area contributed by atoms with E-state index in [-0.39, 0.29) is 17.5 Å². The van der Waals surface area contributed by atoms with Gasteiger partial charge >= 0.3 is 0 Å². The highest BCUT2D eigenvalue weighted by Gasteiger charge is 2.15. The summed E-state index contributed by atoms with van der Waals surface area (Å²) >= 11 is 1.28. The molecular weight excluding hydrogens is 363 g/mol. The summed E-state index contributed by atoms with van der Waals surface area (Å²) in [5.41, 5.74) is 2.84. The van der Waals surface area contributed by atoms with Gasteiger partial charge in [0.2, 0.25) is 5.91 Å². The fourth-order valence-electron chi connectivity index (χ4n) is 2.73. The Morgan fingerprint density at radius 3 is 2.67 bits per heavy atom. The van der Waals surface area contributed by atoms with Crippen LogP contribution in [0.25, 0.3) is 11.4 Å². The van der Waals surface area contributed by atoms with Crippen LogP contribution in [0, 0.1) is 12.7 Å². The number of amides is 1. The summed E-state index contributed by atoms with van der Waals surface area (Å²) in [6, 6.07) is 14.6. The summed E-state index contributed by atoms with van der Waals surface area (Å²) in [5.74, 6) is 0.259. The second-order valence-electron chi connectivity index (χ2n) is 6.16. The second kappa shape index (κ2) is 8.81. The number of rotatable bonds is 7. The van der Waals surface area contributed by atoms with Gasteiger partial charge in [-0.1, -0.05) is 48.2 Å². The van der Waals surface area contributed by atoms with Crippen LogP contribution in [0.3, 0.4) is 0 Å². The highest BCUT2D eigenvalue weighted by Crippen LogP contribution is 2.24. The van der Waals surface area contributed by atoms with Gasteiger partial charge < -0.3 is 9.88 Å². The molecule has 0 saturated carbocycles. The summed E-state index contributed by atoms with van der Waals surface area (Å²) in [6.07, 6.45) is 0.796. The van der Waals surface area contributed by atoms with Crippen LogP contribution in [0.2, 0.25) is 0 Å². The Labute approximate surface area is 162 Å². The number of benzene rings is 2. The van der Waals surface area contributed by atoms with Crippen molar-refractivity contribution in [1.82, 2.24) is 20.1 Å². The number of carbonyl (C=O) groups is 1. The molecule has 0 aliphatic heterocycles. The molecule has 0 unspecified atom stereocenters. The first kappa shape index (κ1) is 19.1. The molecule has 0 spiro atoms. The Morgan fingerprint density at radius 2 is 1.89 bits per heavy atom. The molecule has 140 valence electrons. The van der Waals surface area contributed by atoms with Crippen molar-refractivity contribution in [3.8, 4) is 11.4 Å². The number of nitrogens with zero attached hydrogens (tertiary/aromatic N) is 3. The summed E-state index contributed by atoms with van der Waals surface area (Å²) in [6.45, 7) is 2.65. The minimum Gasteiger partial charge on any atom is -0.355 e. The molecule has 5 nitrogen and oxygen atoms in total. The van der Waals surface area contributed by atoms with Crippen LogP contribution in [-0.2, 0) is 18.3 Å². The number of thioether (sulfide) groups is 1. The van der Waals surface area contributed by atoms with E-state index in [9.17, 15) is 9.18 Å². The van der Waals surface area contributed by atoms with Crippen molar-refractivity contribution < 1.29 is 9.18 Å². The minimum absolute atomic E-state index is 0.0657. The molecule has 3 aromatic rings. The topological polar surface area (TPSA) is 59.8 Å². The van der Waals surface area contributed by atoms with Crippen molar-refractivity contribution in [2.24, 2.45) is 7.05 Å². The fraction of sp³-hybridized carbons (Fsp3) is 0.250. The lowest BCUT2D eigenvalue weighted by Crippen LogP contribution is -2.27. The molecule has 0 aliphatic carbocycles. The van der Waals surface area contributed by atoms with E-state index in [1.54, 1.807) is 29.8 Å². The van der Waals surface area contributed by atoms with Gasteiger partial charge in [0.25, 0.3) is 0 Å². The van der Waals surface area contributed by atoms with Gasteiger partial charge in [0.1, 0.15) is 5.82 Å². The maximum atomic E-state index is 13.9. The maximum absolute atomic E-state index is 13.9. The average molecular weight is 384 g/mol. The van der Waals surface area contributed by atoms with Gasteiger partial charge in [-0.25, -0.2) is 4.39 Å². The van der Waals surface area contributed by atoms with E-state index in [0.29, 0.717) is 23.1 Å². The van der Waals surface area contributed by atoms with E-state index in [2.05, 4.69) is 34.6 Å². The Balaban J connectivity index is 1.52. The Hall–Kier alpha value is -2.67. The van der Waals surface area contributed by atoms with E-state index >= 15 is 0 Å². The van der Waals surface area contributed by atoms with Crippen molar-refractivity contribution in [2.75, 3.05) is 12.3 Å². The second-order valence-corrected chi connectivity index (χ2v) is 7.10. The molecule has 0 radical (unpaired) electrons. The lowest BCUT2D eigenvalue weighted by molar-refractivity contribution is -0.118. The minimum atomic E-state index is -0.349. The van der Waals surface area contributed by atoms with Crippen LogP contribution in [0.5, 0.6) is 0 Å². The van der Waals surface area contributed by atoms with Gasteiger partial charge in [-0.2, -0.15) is 0 Å². The van der Waals surface area contributed by atoms with E-state index < -0.39 is 0 Å². The monoisotopic (exact) mass is 384 g/mol. The third-order valence-corrected chi connectivity index (χ3v) is 5.28. The predicted molar refractivity (Wildman–Crippen MR) is 105 cm³/mol. The molecule has 1 aromatic heterocycles. The van der Waals surface area contributed by atoms with E-state index in [1.165, 1.54) is 29.0 Å². The first-order valence-electron chi connectivity index (χ1n) is 8.64. The number of nitrogens with one attached hydrogen (secondary N) is 1. The molecule has 3 rings (SSSR count). The third kappa shape index (κ3) is 4.74. The van der Waals surface area contributed by atoms with E-state index in [1.807, 2.05) is 12.1 Å². The Morgan fingerprint density at radius 1 is 1.15 bits per heavy atom. The van der Waals surface area contributed by atoms with Gasteiger partial charge in [-0.15, -0.1) is 10.2 Å². The molecule has 0 bridgehead atoms. The summed E-state index contributed by atoms with van der Waals surface area (Å²) in [4.78, 5) is 12.1. The van der Waals surface area contributed by atoms with Gasteiger partial charge in [-0.05, 0) is 36.6 Å². The first-order valence-corrected chi connectivity index (χ1v) is 9.63. The third-order valence-electron chi connectivity index (χ3n) is 4.26. The van der Waals surface area contributed by atoms with Crippen LogP contribution in [0.4, 0.5) is 4.39 Å². The number of aryl methyl sites for hydroxylation is 1. The quantitative estimate of drug-likeness (QED) is 0.635. The zero-order valence-corrected chi connectivity index (χ0v) is 16.1. The molecule has 0 fully saturated rings. The number of hydrogen-bond acceptors (Lipinski definition) is 4. The first-order chi connectivity index (χ1) is 13.1. The van der Waals surface area contributed by atoms with Crippen LogP contribution in [0.1, 0.15) is 11.1 Å². The predicted octanol–water partition coefficient (Wildman–Crippen LogP) is 3.38. The number of carbonyl (C=O) groups excluding carboxylic acids is 1. The maximum Gasteiger partial charge on any atom is 0.230 e. The molecule has 1 N–H and O–H groups in total. The highest BCUT2D eigenvalue weighted by atomic mass is 32.2. The van der Waals surface area contributed by atoms with Gasteiger partial charge in [0.15, 0.2) is 11.0 Å². The standard InChI is InChI=1S/C20H21FN4OS/c1-14-7-3-4-8-15(14)11-12-22-18(26)13-27-20-24-23-19(25(20)2)16-9-5-6-10-17(16)21/h3-10H,11-13H2,1-2H3,(H,22,26). The molecule has 0 saturated heterocycles. The van der Waals surface area contributed by atoms with Crippen molar-refractivity contribution in [3.63, 3.8) is 0 Å². The largest absolute Gasteiger partial charge is 0.355 e. The molecular formula is C20H21FN4OS. The summed E-state index contributed by atoms with van der Waals surface area (Å²) in [5, 5.41) is 11.6. The Bertz CT molecular complexity index is 941. The Kier molecular flexibility index (Phi) is 6.24. The van der Waals surface area contributed by atoms with Crippen molar-refractivity contribution in [2.45, 2.75) is 18.5 Å². The SMILES string of the molecule is Cc1ccccc1CCNC(=O)CSc1nnc(-c2ccccc2F)n1C. The van der Waals surface area contributed by atoms with Crippen LogP contribution >= 0.6 is 11.8 Å². The number of aromatic nitrogens is 3. The van der Waals surface area contributed by atoms with Crippen LogP contribution in [0.15, 0.2) is 53.7 Å². The normalized spacial score (nSPS) is 10.8. The van der Waals surface area contributed by atoms with Crippen molar-refractivity contribution in [3.05, 3.63) is 65.5 Å². The van der Waals surface area contributed by atoms with Gasteiger partial charge in [0.05, 0.1) is 11.3 Å². The molecule has 0 aliphatic rings. The van der Waals surface area contributed by atoms with E-state index in [0.717, 1.165) is 6.42 Å². The molecule has 7 heteroatoms. The molecule has 27 heavy (non-hydrogen) atoms. The molecule has 1 heterocycles.